The molecule has 1 aliphatic carbocycles. The highest BCUT2D eigenvalue weighted by Gasteiger charge is 2.36. The van der Waals surface area contributed by atoms with Gasteiger partial charge in [0.15, 0.2) is 0 Å². The van der Waals surface area contributed by atoms with Crippen LogP contribution in [0.5, 0.6) is 5.75 Å². The third-order valence-corrected chi connectivity index (χ3v) is 8.88. The van der Waals surface area contributed by atoms with Crippen molar-refractivity contribution < 1.29 is 9.15 Å². The first-order valence-electron chi connectivity index (χ1n) is 16.0. The van der Waals surface area contributed by atoms with Crippen LogP contribution < -0.4 is 9.64 Å². The van der Waals surface area contributed by atoms with Crippen molar-refractivity contribution >= 4 is 28.4 Å². The Balaban J connectivity index is 1.16. The molecule has 0 spiro atoms. The molecule has 1 atom stereocenters. The number of ether oxygens (including phenoxy) is 1. The molecule has 6 heteroatoms. The van der Waals surface area contributed by atoms with E-state index in [0.29, 0.717) is 18.4 Å². The van der Waals surface area contributed by atoms with Gasteiger partial charge in [0.1, 0.15) is 5.75 Å². The Morgan fingerprint density at radius 1 is 0.745 bits per heavy atom. The molecule has 0 aliphatic heterocycles. The van der Waals surface area contributed by atoms with Crippen LogP contribution in [0.2, 0.25) is 0 Å². The average Bonchev–Trinajstić information content (AvgIpc) is 3.73. The van der Waals surface area contributed by atoms with Crippen LogP contribution in [0.1, 0.15) is 25.1 Å². The average molecular weight is 615 g/mol. The van der Waals surface area contributed by atoms with Crippen LogP contribution in [0.3, 0.4) is 0 Å². The van der Waals surface area contributed by atoms with Gasteiger partial charge >= 0.3 is 0 Å². The van der Waals surface area contributed by atoms with E-state index >= 15 is 0 Å². The van der Waals surface area contributed by atoms with Crippen molar-refractivity contribution in [3.63, 3.8) is 0 Å². The number of hydrogen-bond donors (Lipinski definition) is 0. The topological polar surface area (TPSA) is 56.3 Å². The Hall–Kier alpha value is -5.88. The zero-order chi connectivity index (χ0) is 31.8. The van der Waals surface area contributed by atoms with Crippen LogP contribution in [0, 0.1) is 0 Å². The van der Waals surface area contributed by atoms with Crippen molar-refractivity contribution in [3.05, 3.63) is 151 Å². The van der Waals surface area contributed by atoms with E-state index in [2.05, 4.69) is 148 Å². The first kappa shape index (κ1) is 28.6. The summed E-state index contributed by atoms with van der Waals surface area (Å²) in [4.78, 5) is 2.43. The molecule has 2 heterocycles. The molecule has 5 aromatic carbocycles. The normalized spacial score (nSPS) is 15.4. The number of rotatable bonds is 8. The van der Waals surface area contributed by atoms with Gasteiger partial charge in [-0.2, -0.15) is 0 Å². The Kier molecular flexibility index (Phi) is 7.18. The molecule has 230 valence electrons. The van der Waals surface area contributed by atoms with Gasteiger partial charge in [-0.25, -0.2) is 0 Å². The number of benzene rings is 5. The minimum atomic E-state index is -0.343. The molecule has 0 saturated heterocycles. The second-order valence-electron chi connectivity index (χ2n) is 12.0. The summed E-state index contributed by atoms with van der Waals surface area (Å²) in [5, 5.41) is 9.98. The first-order valence-corrected chi connectivity index (χ1v) is 16.0. The number of nitrogens with zero attached hydrogens (tertiary/aromatic N) is 4. The summed E-state index contributed by atoms with van der Waals surface area (Å²) in [7, 11) is 0. The Bertz CT molecular complexity index is 2200. The maximum absolute atomic E-state index is 6.12. The number of para-hydroxylation sites is 3. The van der Waals surface area contributed by atoms with Crippen LogP contribution in [-0.2, 0) is 6.42 Å². The SMILES string of the molecule is CCOc1cccc(-c2nnc(-c3ccc(N(c4ccccc4)[C@]4(C)C=Cc5c(c6ccccc6n5-c5ccccc5)C4)cc3)o2)c1. The quantitative estimate of drug-likeness (QED) is 0.171. The molecule has 6 nitrogen and oxygen atoms in total. The molecular formula is C41H34N4O2. The third-order valence-electron chi connectivity index (χ3n) is 8.88. The molecule has 0 fully saturated rings. The van der Waals surface area contributed by atoms with Gasteiger partial charge in [-0.1, -0.05) is 66.7 Å². The number of hydrogen-bond acceptors (Lipinski definition) is 5. The lowest BCUT2D eigenvalue weighted by Crippen LogP contribution is -2.45. The predicted octanol–water partition coefficient (Wildman–Crippen LogP) is 9.91. The molecule has 1 aliphatic rings. The fraction of sp³-hybridized carbons (Fsp3) is 0.122. The fourth-order valence-electron chi connectivity index (χ4n) is 6.78. The second kappa shape index (κ2) is 11.8. The van der Waals surface area contributed by atoms with Crippen molar-refractivity contribution in [1.82, 2.24) is 14.8 Å². The molecule has 0 bridgehead atoms. The molecule has 0 saturated carbocycles. The minimum absolute atomic E-state index is 0.343. The summed E-state index contributed by atoms with van der Waals surface area (Å²) in [6, 6.07) is 46.1. The third kappa shape index (κ3) is 5.18. The van der Waals surface area contributed by atoms with Crippen molar-refractivity contribution in [2.24, 2.45) is 0 Å². The fourth-order valence-corrected chi connectivity index (χ4v) is 6.78. The van der Waals surface area contributed by atoms with Crippen molar-refractivity contribution in [1.29, 1.82) is 0 Å². The Labute approximate surface area is 274 Å². The standard InChI is InChI=1S/C41H34N4O2/c1-3-46-34-18-12-13-30(27-34)40-43-42-39(47-40)29-21-23-33(24-22-29)45(32-16-8-5-9-17-32)41(2)26-25-38-36(28-41)35-19-10-11-20-37(35)44(38)31-14-6-4-7-15-31/h4-27H,3,28H2,1-2H3/t41-/m1/s1. The number of aromatic nitrogens is 3. The molecule has 0 amide bonds. The molecule has 0 N–H and O–H groups in total. The van der Waals surface area contributed by atoms with Crippen molar-refractivity contribution in [3.8, 4) is 34.3 Å². The van der Waals surface area contributed by atoms with E-state index in [-0.39, 0.29) is 5.54 Å². The maximum atomic E-state index is 6.12. The van der Waals surface area contributed by atoms with E-state index in [0.717, 1.165) is 34.7 Å². The van der Waals surface area contributed by atoms with Crippen LogP contribution in [0.25, 0.3) is 45.6 Å². The molecule has 47 heavy (non-hydrogen) atoms. The lowest BCUT2D eigenvalue weighted by Gasteiger charge is -2.43. The van der Waals surface area contributed by atoms with Crippen LogP contribution in [-0.4, -0.2) is 26.9 Å². The van der Waals surface area contributed by atoms with Gasteiger partial charge in [0.25, 0.3) is 0 Å². The van der Waals surface area contributed by atoms with E-state index < -0.39 is 0 Å². The summed E-state index contributed by atoms with van der Waals surface area (Å²) in [6.45, 7) is 4.88. The van der Waals surface area contributed by atoms with Crippen LogP contribution in [0.4, 0.5) is 11.4 Å². The summed E-state index contributed by atoms with van der Waals surface area (Å²) in [6.07, 6.45) is 5.50. The highest BCUT2D eigenvalue weighted by atomic mass is 16.5. The zero-order valence-electron chi connectivity index (χ0n) is 26.4. The van der Waals surface area contributed by atoms with Gasteiger partial charge < -0.3 is 18.6 Å². The molecule has 0 unspecified atom stereocenters. The molecule has 7 aromatic rings. The largest absolute Gasteiger partial charge is 0.494 e. The van der Waals surface area contributed by atoms with Crippen molar-refractivity contribution in [2.45, 2.75) is 25.8 Å². The smallest absolute Gasteiger partial charge is 0.248 e. The summed E-state index contributed by atoms with van der Waals surface area (Å²) in [5.74, 6) is 1.71. The second-order valence-corrected chi connectivity index (χ2v) is 12.0. The highest BCUT2D eigenvalue weighted by molar-refractivity contribution is 5.91. The zero-order valence-corrected chi connectivity index (χ0v) is 26.4. The lowest BCUT2D eigenvalue weighted by atomic mass is 9.84. The van der Waals surface area contributed by atoms with Crippen molar-refractivity contribution in [2.75, 3.05) is 11.5 Å². The molecule has 0 radical (unpaired) electrons. The minimum Gasteiger partial charge on any atom is -0.494 e. The van der Waals surface area contributed by atoms with Crippen LogP contribution >= 0.6 is 0 Å². The van der Waals surface area contributed by atoms with Gasteiger partial charge in [-0.05, 0) is 98.3 Å². The Morgan fingerprint density at radius 2 is 1.43 bits per heavy atom. The lowest BCUT2D eigenvalue weighted by molar-refractivity contribution is 0.340. The highest BCUT2D eigenvalue weighted by Crippen LogP contribution is 2.43. The van der Waals surface area contributed by atoms with Gasteiger partial charge in [0.2, 0.25) is 11.8 Å². The van der Waals surface area contributed by atoms with E-state index in [1.54, 1.807) is 0 Å². The number of anilines is 2. The number of fused-ring (bicyclic) bond motifs is 3. The molecule has 8 rings (SSSR count). The van der Waals surface area contributed by atoms with Gasteiger partial charge in [-0.15, -0.1) is 10.2 Å². The Morgan fingerprint density at radius 3 is 2.19 bits per heavy atom. The van der Waals surface area contributed by atoms with Gasteiger partial charge in [0, 0.05) is 45.7 Å². The maximum Gasteiger partial charge on any atom is 0.248 e. The summed E-state index contributed by atoms with van der Waals surface area (Å²) in [5.41, 5.74) is 8.51. The first-order chi connectivity index (χ1) is 23.1. The van der Waals surface area contributed by atoms with E-state index in [1.165, 1.54) is 27.8 Å². The molecular weight excluding hydrogens is 580 g/mol. The van der Waals surface area contributed by atoms with Gasteiger partial charge in [0.05, 0.1) is 17.7 Å². The van der Waals surface area contributed by atoms with Crippen LogP contribution in [0.15, 0.2) is 144 Å². The van der Waals surface area contributed by atoms with Gasteiger partial charge in [-0.3, -0.25) is 0 Å². The summed E-state index contributed by atoms with van der Waals surface area (Å²) >= 11 is 0. The summed E-state index contributed by atoms with van der Waals surface area (Å²) < 4.78 is 14.2. The monoisotopic (exact) mass is 614 g/mol. The van der Waals surface area contributed by atoms with E-state index in [9.17, 15) is 0 Å². The predicted molar refractivity (Wildman–Crippen MR) is 189 cm³/mol. The molecule has 2 aromatic heterocycles. The van der Waals surface area contributed by atoms with E-state index in [1.807, 2.05) is 31.2 Å². The van der Waals surface area contributed by atoms with E-state index in [4.69, 9.17) is 9.15 Å².